The van der Waals surface area contributed by atoms with Crippen LogP contribution in [0, 0.1) is 0 Å². The van der Waals surface area contributed by atoms with Gasteiger partial charge in [0.05, 0.1) is 11.1 Å². The van der Waals surface area contributed by atoms with Crippen molar-refractivity contribution in [2.45, 2.75) is 26.3 Å². The summed E-state index contributed by atoms with van der Waals surface area (Å²) in [7, 11) is 0. The van der Waals surface area contributed by atoms with E-state index in [-0.39, 0.29) is 17.7 Å². The zero-order valence-corrected chi connectivity index (χ0v) is 15.2. The fourth-order valence-corrected chi connectivity index (χ4v) is 2.96. The van der Waals surface area contributed by atoms with Gasteiger partial charge in [-0.3, -0.25) is 19.3 Å². The van der Waals surface area contributed by atoms with Crippen LogP contribution in [0.15, 0.2) is 42.5 Å². The van der Waals surface area contributed by atoms with Gasteiger partial charge in [-0.2, -0.15) is 0 Å². The first-order chi connectivity index (χ1) is 12.5. The van der Waals surface area contributed by atoms with Crippen LogP contribution in [0.5, 0.6) is 0 Å². The monoisotopic (exact) mass is 370 g/mol. The first kappa shape index (κ1) is 18.1. The Labute approximate surface area is 156 Å². The third-order valence-corrected chi connectivity index (χ3v) is 4.59. The number of benzene rings is 2. The van der Waals surface area contributed by atoms with Crippen LogP contribution in [0.1, 0.15) is 56.4 Å². The highest BCUT2D eigenvalue weighted by atomic mass is 35.5. The summed E-state index contributed by atoms with van der Waals surface area (Å²) in [5.74, 6) is -0.910. The molecule has 5 nitrogen and oxygen atoms in total. The summed E-state index contributed by atoms with van der Waals surface area (Å²) in [6.45, 7) is 2.75. The fourth-order valence-electron chi connectivity index (χ4n) is 2.84. The van der Waals surface area contributed by atoms with E-state index in [2.05, 4.69) is 5.32 Å². The molecule has 0 saturated heterocycles. The molecule has 0 aromatic heterocycles. The lowest BCUT2D eigenvalue weighted by Crippen LogP contribution is -2.30. The zero-order chi connectivity index (χ0) is 18.7. The molecule has 1 heterocycles. The topological polar surface area (TPSA) is 66.5 Å². The fraction of sp³-hybridized carbons (Fsp3) is 0.250. The van der Waals surface area contributed by atoms with Gasteiger partial charge in [0.15, 0.2) is 0 Å². The second-order valence-electron chi connectivity index (χ2n) is 6.19. The molecular formula is C20H19ClN2O3. The molecule has 3 rings (SSSR count). The smallest absolute Gasteiger partial charge is 0.261 e. The molecule has 0 spiro atoms. The van der Waals surface area contributed by atoms with Crippen molar-refractivity contribution >= 4 is 29.3 Å². The zero-order valence-electron chi connectivity index (χ0n) is 14.4. The number of unbranched alkanes of at least 4 members (excludes halogenated alkanes) is 1. The van der Waals surface area contributed by atoms with Gasteiger partial charge >= 0.3 is 0 Å². The molecule has 0 radical (unpaired) electrons. The van der Waals surface area contributed by atoms with Crippen molar-refractivity contribution in [3.63, 3.8) is 0 Å². The summed E-state index contributed by atoms with van der Waals surface area (Å²) < 4.78 is 0. The summed E-state index contributed by atoms with van der Waals surface area (Å²) in [4.78, 5) is 38.4. The third kappa shape index (κ3) is 3.63. The van der Waals surface area contributed by atoms with Crippen LogP contribution in [0.2, 0.25) is 5.02 Å². The lowest BCUT2D eigenvalue weighted by atomic mass is 10.1. The maximum atomic E-state index is 12.5. The van der Waals surface area contributed by atoms with Crippen LogP contribution in [0.25, 0.3) is 0 Å². The van der Waals surface area contributed by atoms with E-state index in [1.807, 2.05) is 19.1 Å². The van der Waals surface area contributed by atoms with E-state index < -0.39 is 0 Å². The van der Waals surface area contributed by atoms with Gasteiger partial charge in [0.1, 0.15) is 0 Å². The number of halogens is 1. The summed E-state index contributed by atoms with van der Waals surface area (Å²) in [6.07, 6.45) is 1.66. The Morgan fingerprint density at radius 3 is 2.42 bits per heavy atom. The van der Waals surface area contributed by atoms with Gasteiger partial charge in [0, 0.05) is 23.7 Å². The Bertz CT molecular complexity index is 862. The average Bonchev–Trinajstić information content (AvgIpc) is 2.89. The predicted octanol–water partition coefficient (Wildman–Crippen LogP) is 3.67. The second kappa shape index (κ2) is 7.70. The van der Waals surface area contributed by atoms with Gasteiger partial charge in [0.25, 0.3) is 17.7 Å². The van der Waals surface area contributed by atoms with E-state index in [1.165, 1.54) is 11.0 Å². The Hall–Kier alpha value is -2.66. The summed E-state index contributed by atoms with van der Waals surface area (Å²) in [5.41, 5.74) is 1.93. The number of hydrogen-bond acceptors (Lipinski definition) is 3. The first-order valence-corrected chi connectivity index (χ1v) is 8.92. The number of carbonyl (C=O) groups excluding carboxylic acids is 3. The molecule has 6 heteroatoms. The Kier molecular flexibility index (Phi) is 5.38. The summed E-state index contributed by atoms with van der Waals surface area (Å²) >= 11 is 5.84. The molecule has 0 atom stereocenters. The average molecular weight is 371 g/mol. The van der Waals surface area contributed by atoms with Gasteiger partial charge < -0.3 is 5.32 Å². The van der Waals surface area contributed by atoms with E-state index in [0.717, 1.165) is 18.4 Å². The summed E-state index contributed by atoms with van der Waals surface area (Å²) in [5, 5.41) is 3.44. The highest BCUT2D eigenvalue weighted by Crippen LogP contribution is 2.24. The minimum atomic E-state index is -0.328. The van der Waals surface area contributed by atoms with Crippen molar-refractivity contribution in [1.29, 1.82) is 0 Å². The number of carbonyl (C=O) groups is 3. The normalized spacial score (nSPS) is 13.1. The van der Waals surface area contributed by atoms with Crippen LogP contribution < -0.4 is 5.32 Å². The lowest BCUT2D eigenvalue weighted by molar-refractivity contribution is 0.0652. The van der Waals surface area contributed by atoms with Crippen LogP contribution >= 0.6 is 11.6 Å². The van der Waals surface area contributed by atoms with Crippen molar-refractivity contribution in [3.8, 4) is 0 Å². The van der Waals surface area contributed by atoms with Gasteiger partial charge in [0.2, 0.25) is 0 Å². The Morgan fingerprint density at radius 1 is 1.04 bits per heavy atom. The van der Waals surface area contributed by atoms with Crippen LogP contribution in [0.4, 0.5) is 0 Å². The van der Waals surface area contributed by atoms with Crippen molar-refractivity contribution in [1.82, 2.24) is 10.2 Å². The number of amides is 3. The molecule has 3 amide bonds. The van der Waals surface area contributed by atoms with Gasteiger partial charge in [-0.05, 0) is 42.3 Å². The van der Waals surface area contributed by atoms with Crippen molar-refractivity contribution in [2.24, 2.45) is 0 Å². The number of nitrogens with zero attached hydrogens (tertiary/aromatic N) is 1. The van der Waals surface area contributed by atoms with E-state index >= 15 is 0 Å². The Morgan fingerprint density at radius 2 is 1.73 bits per heavy atom. The third-order valence-electron chi connectivity index (χ3n) is 4.33. The summed E-state index contributed by atoms with van der Waals surface area (Å²) in [6, 6.07) is 11.8. The van der Waals surface area contributed by atoms with Crippen molar-refractivity contribution < 1.29 is 14.4 Å². The molecule has 1 aliphatic rings. The molecule has 2 aromatic carbocycles. The Balaban J connectivity index is 1.72. The number of imide groups is 1. The standard InChI is InChI=1S/C20H19ClN2O3/c1-2-3-10-23-19(25)16-9-6-14(11-17(16)20(23)26)18(24)22-12-13-4-7-15(21)8-5-13/h4-9,11H,2-3,10,12H2,1H3,(H,22,24). The largest absolute Gasteiger partial charge is 0.348 e. The number of fused-ring (bicyclic) bond motifs is 1. The quantitative estimate of drug-likeness (QED) is 0.789. The maximum Gasteiger partial charge on any atom is 0.261 e. The predicted molar refractivity (Wildman–Crippen MR) is 99.3 cm³/mol. The molecule has 0 saturated carbocycles. The molecule has 26 heavy (non-hydrogen) atoms. The van der Waals surface area contributed by atoms with E-state index in [1.54, 1.807) is 24.3 Å². The van der Waals surface area contributed by atoms with Gasteiger partial charge in [-0.15, -0.1) is 0 Å². The van der Waals surface area contributed by atoms with Crippen molar-refractivity contribution in [3.05, 3.63) is 69.7 Å². The first-order valence-electron chi connectivity index (χ1n) is 8.54. The minimum absolute atomic E-state index is 0.286. The number of hydrogen-bond donors (Lipinski definition) is 1. The van der Waals surface area contributed by atoms with Gasteiger partial charge in [-0.25, -0.2) is 0 Å². The molecule has 0 unspecified atom stereocenters. The van der Waals surface area contributed by atoms with Crippen LogP contribution in [-0.4, -0.2) is 29.2 Å². The molecular weight excluding hydrogens is 352 g/mol. The SMILES string of the molecule is CCCCN1C(=O)c2ccc(C(=O)NCc3ccc(Cl)cc3)cc2C1=O. The lowest BCUT2D eigenvalue weighted by Gasteiger charge is -2.12. The molecule has 0 bridgehead atoms. The van der Waals surface area contributed by atoms with Gasteiger partial charge in [-0.1, -0.05) is 37.1 Å². The van der Waals surface area contributed by atoms with E-state index in [9.17, 15) is 14.4 Å². The molecule has 2 aromatic rings. The molecule has 1 N–H and O–H groups in total. The van der Waals surface area contributed by atoms with E-state index in [4.69, 9.17) is 11.6 Å². The highest BCUT2D eigenvalue weighted by molar-refractivity contribution is 6.30. The van der Waals surface area contributed by atoms with E-state index in [0.29, 0.717) is 34.8 Å². The minimum Gasteiger partial charge on any atom is -0.348 e. The molecule has 0 fully saturated rings. The van der Waals surface area contributed by atoms with Crippen LogP contribution in [-0.2, 0) is 6.54 Å². The molecule has 1 aliphatic heterocycles. The molecule has 0 aliphatic carbocycles. The van der Waals surface area contributed by atoms with Crippen molar-refractivity contribution in [2.75, 3.05) is 6.54 Å². The highest BCUT2D eigenvalue weighted by Gasteiger charge is 2.35. The second-order valence-corrected chi connectivity index (χ2v) is 6.62. The number of rotatable bonds is 6. The molecule has 134 valence electrons. The van der Waals surface area contributed by atoms with Crippen LogP contribution in [0.3, 0.4) is 0 Å². The number of nitrogens with one attached hydrogen (secondary N) is 1. The maximum absolute atomic E-state index is 12.5.